The molecule has 0 saturated carbocycles. The molecule has 2 aromatic heterocycles. The summed E-state index contributed by atoms with van der Waals surface area (Å²) in [7, 11) is 0. The second-order valence-corrected chi connectivity index (χ2v) is 6.69. The maximum atomic E-state index is 4.77. The molecule has 0 spiro atoms. The molecular weight excluding hydrogens is 282 g/mol. The molecule has 0 aliphatic carbocycles. The monoisotopic (exact) mass is 305 g/mol. The Morgan fingerprint density at radius 2 is 1.96 bits per heavy atom. The number of hydrogen-bond donors (Lipinski definition) is 0. The Labute approximate surface area is 137 Å². The molecule has 0 bridgehead atoms. The van der Waals surface area contributed by atoms with Crippen LogP contribution in [0.2, 0.25) is 0 Å². The van der Waals surface area contributed by atoms with Gasteiger partial charge in [-0.2, -0.15) is 0 Å². The van der Waals surface area contributed by atoms with Gasteiger partial charge in [0.05, 0.1) is 5.69 Å². The molecule has 0 radical (unpaired) electrons. The maximum absolute atomic E-state index is 4.77. The minimum absolute atomic E-state index is 0.657. The molecule has 1 unspecified atom stereocenters. The SMILES string of the molecule is Cc1ccc2nc(CN3CCCC(c4ccccc4)C3)cn2c1. The van der Waals surface area contributed by atoms with Crippen LogP contribution in [-0.2, 0) is 6.54 Å². The van der Waals surface area contributed by atoms with E-state index in [4.69, 9.17) is 4.98 Å². The average molecular weight is 305 g/mol. The predicted octanol–water partition coefficient (Wildman–Crippen LogP) is 4.02. The van der Waals surface area contributed by atoms with Crippen molar-refractivity contribution < 1.29 is 0 Å². The number of likely N-dealkylation sites (tertiary alicyclic amines) is 1. The summed E-state index contributed by atoms with van der Waals surface area (Å²) in [6, 6.07) is 15.2. The fourth-order valence-electron chi connectivity index (χ4n) is 3.66. The van der Waals surface area contributed by atoms with E-state index in [2.05, 4.69) is 71.1 Å². The number of aromatic nitrogens is 2. The summed E-state index contributed by atoms with van der Waals surface area (Å²) in [5, 5.41) is 0. The van der Waals surface area contributed by atoms with E-state index in [9.17, 15) is 0 Å². The van der Waals surface area contributed by atoms with Gasteiger partial charge in [-0.15, -0.1) is 0 Å². The minimum atomic E-state index is 0.657. The van der Waals surface area contributed by atoms with Gasteiger partial charge in [-0.3, -0.25) is 4.90 Å². The molecule has 0 amide bonds. The number of nitrogens with zero attached hydrogens (tertiary/aromatic N) is 3. The number of imidazole rings is 1. The van der Waals surface area contributed by atoms with Crippen LogP contribution in [0.1, 0.15) is 35.6 Å². The summed E-state index contributed by atoms with van der Waals surface area (Å²) in [5.74, 6) is 0.657. The van der Waals surface area contributed by atoms with Gasteiger partial charge < -0.3 is 4.40 Å². The van der Waals surface area contributed by atoms with Gasteiger partial charge in [0.25, 0.3) is 0 Å². The van der Waals surface area contributed by atoms with Gasteiger partial charge in [-0.25, -0.2) is 4.98 Å². The minimum Gasteiger partial charge on any atom is -0.307 e. The molecule has 3 heterocycles. The summed E-state index contributed by atoms with van der Waals surface area (Å²) in [6.07, 6.45) is 6.89. The summed E-state index contributed by atoms with van der Waals surface area (Å²) < 4.78 is 2.14. The summed E-state index contributed by atoms with van der Waals surface area (Å²) in [5.41, 5.74) is 4.96. The van der Waals surface area contributed by atoms with Gasteiger partial charge in [0.2, 0.25) is 0 Å². The number of pyridine rings is 1. The first-order valence-corrected chi connectivity index (χ1v) is 8.49. The van der Waals surface area contributed by atoms with E-state index >= 15 is 0 Å². The average Bonchev–Trinajstić information content (AvgIpc) is 2.97. The smallest absolute Gasteiger partial charge is 0.137 e. The van der Waals surface area contributed by atoms with Gasteiger partial charge in [-0.05, 0) is 49.4 Å². The number of benzene rings is 1. The number of aryl methyl sites for hydroxylation is 1. The van der Waals surface area contributed by atoms with E-state index < -0.39 is 0 Å². The Kier molecular flexibility index (Phi) is 3.88. The maximum Gasteiger partial charge on any atom is 0.137 e. The van der Waals surface area contributed by atoms with Crippen molar-refractivity contribution in [3.05, 3.63) is 71.7 Å². The zero-order valence-electron chi connectivity index (χ0n) is 13.7. The second-order valence-electron chi connectivity index (χ2n) is 6.69. The molecule has 1 saturated heterocycles. The number of hydrogen-bond acceptors (Lipinski definition) is 2. The van der Waals surface area contributed by atoms with Crippen molar-refractivity contribution >= 4 is 5.65 Å². The van der Waals surface area contributed by atoms with Crippen LogP contribution in [0.3, 0.4) is 0 Å². The zero-order chi connectivity index (χ0) is 15.6. The van der Waals surface area contributed by atoms with Crippen LogP contribution < -0.4 is 0 Å². The van der Waals surface area contributed by atoms with Crippen LogP contribution in [0.15, 0.2) is 54.9 Å². The molecule has 1 fully saturated rings. The predicted molar refractivity (Wildman–Crippen MR) is 93.6 cm³/mol. The molecule has 118 valence electrons. The van der Waals surface area contributed by atoms with Crippen molar-refractivity contribution in [1.82, 2.24) is 14.3 Å². The standard InChI is InChI=1S/C20H23N3/c1-16-9-10-20-21-19(15-23(20)12-16)14-22-11-5-8-18(13-22)17-6-3-2-4-7-17/h2-4,6-7,9-10,12,15,18H,5,8,11,13-14H2,1H3. The highest BCUT2D eigenvalue weighted by Gasteiger charge is 2.21. The summed E-state index contributed by atoms with van der Waals surface area (Å²) >= 11 is 0. The third-order valence-corrected chi connectivity index (χ3v) is 4.81. The van der Waals surface area contributed by atoms with Crippen LogP contribution in [-0.4, -0.2) is 27.4 Å². The Balaban J connectivity index is 1.49. The lowest BCUT2D eigenvalue weighted by Gasteiger charge is -2.32. The van der Waals surface area contributed by atoms with Crippen LogP contribution in [0, 0.1) is 6.92 Å². The summed E-state index contributed by atoms with van der Waals surface area (Å²) in [6.45, 7) is 5.38. The van der Waals surface area contributed by atoms with Crippen LogP contribution in [0.4, 0.5) is 0 Å². The third kappa shape index (κ3) is 3.15. The Morgan fingerprint density at radius 3 is 2.83 bits per heavy atom. The quantitative estimate of drug-likeness (QED) is 0.728. The Morgan fingerprint density at radius 1 is 1.09 bits per heavy atom. The lowest BCUT2D eigenvalue weighted by Crippen LogP contribution is -2.33. The first kappa shape index (κ1) is 14.5. The highest BCUT2D eigenvalue weighted by Crippen LogP contribution is 2.27. The van der Waals surface area contributed by atoms with E-state index in [0.29, 0.717) is 5.92 Å². The molecule has 3 aromatic rings. The molecule has 3 nitrogen and oxygen atoms in total. The largest absolute Gasteiger partial charge is 0.307 e. The first-order valence-electron chi connectivity index (χ1n) is 8.49. The lowest BCUT2D eigenvalue weighted by molar-refractivity contribution is 0.198. The second kappa shape index (κ2) is 6.17. The van der Waals surface area contributed by atoms with E-state index in [0.717, 1.165) is 18.7 Å². The lowest BCUT2D eigenvalue weighted by atomic mass is 9.90. The molecule has 23 heavy (non-hydrogen) atoms. The summed E-state index contributed by atoms with van der Waals surface area (Å²) in [4.78, 5) is 7.32. The molecule has 1 aliphatic heterocycles. The Bertz CT molecular complexity index is 791. The van der Waals surface area contributed by atoms with Crippen molar-refractivity contribution in [1.29, 1.82) is 0 Å². The van der Waals surface area contributed by atoms with Crippen LogP contribution in [0.5, 0.6) is 0 Å². The van der Waals surface area contributed by atoms with Crippen molar-refractivity contribution in [2.24, 2.45) is 0 Å². The molecule has 1 aromatic carbocycles. The number of rotatable bonds is 3. The fraction of sp³-hybridized carbons (Fsp3) is 0.350. The number of fused-ring (bicyclic) bond motifs is 1. The molecule has 0 N–H and O–H groups in total. The van der Waals surface area contributed by atoms with Crippen LogP contribution >= 0.6 is 0 Å². The van der Waals surface area contributed by atoms with Crippen molar-refractivity contribution in [3.8, 4) is 0 Å². The highest BCUT2D eigenvalue weighted by molar-refractivity contribution is 5.41. The molecule has 4 rings (SSSR count). The zero-order valence-corrected chi connectivity index (χ0v) is 13.7. The number of piperidine rings is 1. The van der Waals surface area contributed by atoms with E-state index in [1.54, 1.807) is 0 Å². The molecular formula is C20H23N3. The van der Waals surface area contributed by atoms with E-state index in [-0.39, 0.29) is 0 Å². The van der Waals surface area contributed by atoms with Gasteiger partial charge in [0.1, 0.15) is 5.65 Å². The third-order valence-electron chi connectivity index (χ3n) is 4.81. The van der Waals surface area contributed by atoms with E-state index in [1.165, 1.54) is 36.2 Å². The van der Waals surface area contributed by atoms with Gasteiger partial charge in [0.15, 0.2) is 0 Å². The first-order chi connectivity index (χ1) is 11.3. The van der Waals surface area contributed by atoms with Crippen molar-refractivity contribution in [2.75, 3.05) is 13.1 Å². The van der Waals surface area contributed by atoms with Gasteiger partial charge in [0, 0.05) is 25.5 Å². The normalized spacial score (nSPS) is 19.3. The van der Waals surface area contributed by atoms with Crippen LogP contribution in [0.25, 0.3) is 5.65 Å². The fourth-order valence-corrected chi connectivity index (χ4v) is 3.66. The molecule has 1 atom stereocenters. The van der Waals surface area contributed by atoms with Crippen molar-refractivity contribution in [2.45, 2.75) is 32.2 Å². The molecule has 1 aliphatic rings. The highest BCUT2D eigenvalue weighted by atomic mass is 15.1. The van der Waals surface area contributed by atoms with E-state index in [1.807, 2.05) is 0 Å². The Hall–Kier alpha value is -2.13. The van der Waals surface area contributed by atoms with Crippen molar-refractivity contribution in [3.63, 3.8) is 0 Å². The van der Waals surface area contributed by atoms with Gasteiger partial charge >= 0.3 is 0 Å². The topological polar surface area (TPSA) is 20.5 Å². The molecule has 3 heteroatoms. The van der Waals surface area contributed by atoms with Gasteiger partial charge in [-0.1, -0.05) is 36.4 Å².